The van der Waals surface area contributed by atoms with Crippen LogP contribution in [-0.2, 0) is 18.3 Å². The molecule has 5 atom stereocenters. The first-order valence-electron chi connectivity index (χ1n) is 6.51. The number of hydrogen-bond donors (Lipinski definition) is 3. The first-order chi connectivity index (χ1) is 10.3. The molecule has 1 saturated heterocycles. The van der Waals surface area contributed by atoms with Gasteiger partial charge in [-0.25, -0.2) is 9.36 Å². The van der Waals surface area contributed by atoms with Gasteiger partial charge in [-0.1, -0.05) is 6.92 Å². The molecule has 124 valence electrons. The number of phosphoric acid groups is 1. The van der Waals surface area contributed by atoms with Crippen molar-refractivity contribution in [1.82, 2.24) is 9.55 Å². The summed E-state index contributed by atoms with van der Waals surface area (Å²) in [5, 5.41) is 10.3. The highest BCUT2D eigenvalue weighted by molar-refractivity contribution is 7.47. The lowest BCUT2D eigenvalue weighted by Crippen LogP contribution is -2.38. The quantitative estimate of drug-likeness (QED) is 0.602. The van der Waals surface area contributed by atoms with E-state index in [1.54, 1.807) is 6.92 Å². The summed E-state index contributed by atoms with van der Waals surface area (Å²) in [6.45, 7) is 1.72. The molecule has 11 heteroatoms. The number of aliphatic hydroxyl groups excluding tert-OH is 1. The summed E-state index contributed by atoms with van der Waals surface area (Å²) in [7, 11) is -3.34. The summed E-state index contributed by atoms with van der Waals surface area (Å²) < 4.78 is 27.3. The number of aromatic amines is 1. The second-order valence-electron chi connectivity index (χ2n) is 4.70. The van der Waals surface area contributed by atoms with Crippen molar-refractivity contribution in [3.8, 4) is 0 Å². The number of phosphoric ester groups is 1. The fourth-order valence-corrected chi connectivity index (χ4v) is 2.89. The van der Waals surface area contributed by atoms with Gasteiger partial charge in [0.15, 0.2) is 6.23 Å². The van der Waals surface area contributed by atoms with Gasteiger partial charge in [0.2, 0.25) is 0 Å². The zero-order valence-corrected chi connectivity index (χ0v) is 12.8. The largest absolute Gasteiger partial charge is 0.472 e. The monoisotopic (exact) mass is 336 g/mol. The average molecular weight is 336 g/mol. The number of nitrogens with one attached hydrogen (secondary N) is 1. The molecule has 1 fully saturated rings. The Labute approximate surface area is 124 Å². The first kappa shape index (κ1) is 17.1. The van der Waals surface area contributed by atoms with Gasteiger partial charge in [-0.05, 0) is 6.42 Å². The molecule has 0 aromatic carbocycles. The second kappa shape index (κ2) is 6.45. The van der Waals surface area contributed by atoms with Crippen LogP contribution in [0.5, 0.6) is 0 Å². The van der Waals surface area contributed by atoms with Crippen molar-refractivity contribution >= 4 is 7.82 Å². The molecule has 2 unspecified atom stereocenters. The van der Waals surface area contributed by atoms with E-state index in [9.17, 15) is 24.2 Å². The summed E-state index contributed by atoms with van der Waals surface area (Å²) in [6, 6.07) is 1.10. The number of ether oxygens (including phenoxy) is 1. The third kappa shape index (κ3) is 3.37. The molecule has 0 spiro atoms. The maximum absolute atomic E-state index is 11.8. The Balaban J connectivity index is 2.31. The maximum atomic E-state index is 11.8. The fourth-order valence-electron chi connectivity index (χ4n) is 2.23. The fraction of sp³-hybridized carbons (Fsp3) is 0.636. The Morgan fingerprint density at radius 1 is 1.50 bits per heavy atom. The van der Waals surface area contributed by atoms with E-state index in [1.807, 2.05) is 4.98 Å². The summed E-state index contributed by atoms with van der Waals surface area (Å²) in [4.78, 5) is 34.3. The number of H-pyrrole nitrogens is 1. The van der Waals surface area contributed by atoms with E-state index in [4.69, 9.17) is 9.26 Å². The van der Waals surface area contributed by atoms with Crippen LogP contribution in [0.1, 0.15) is 19.6 Å². The van der Waals surface area contributed by atoms with Crippen molar-refractivity contribution in [2.45, 2.75) is 37.9 Å². The van der Waals surface area contributed by atoms with Gasteiger partial charge in [0.05, 0.1) is 6.10 Å². The van der Waals surface area contributed by atoms with Crippen molar-refractivity contribution in [2.24, 2.45) is 0 Å². The van der Waals surface area contributed by atoms with E-state index in [2.05, 4.69) is 4.52 Å². The van der Waals surface area contributed by atoms with Gasteiger partial charge in [0.1, 0.15) is 12.2 Å². The van der Waals surface area contributed by atoms with Crippen LogP contribution in [0.4, 0.5) is 0 Å². The molecule has 2 rings (SSSR count). The average Bonchev–Trinajstić information content (AvgIpc) is 2.76. The molecule has 22 heavy (non-hydrogen) atoms. The smallest absolute Gasteiger partial charge is 0.386 e. The summed E-state index contributed by atoms with van der Waals surface area (Å²) in [5.41, 5.74) is -1.36. The maximum Gasteiger partial charge on any atom is 0.472 e. The highest BCUT2D eigenvalue weighted by atomic mass is 31.2. The summed E-state index contributed by atoms with van der Waals surface area (Å²) in [6.07, 6.45) is -2.92. The van der Waals surface area contributed by atoms with Crippen molar-refractivity contribution in [2.75, 3.05) is 7.11 Å². The van der Waals surface area contributed by atoms with Crippen LogP contribution in [0.2, 0.25) is 0 Å². The van der Waals surface area contributed by atoms with E-state index in [-0.39, 0.29) is 0 Å². The number of aliphatic hydroxyl groups is 1. The Kier molecular flexibility index (Phi) is 5.00. The molecule has 1 aliphatic rings. The second-order valence-corrected chi connectivity index (χ2v) is 6.22. The molecule has 3 N–H and O–H groups in total. The van der Waals surface area contributed by atoms with Crippen molar-refractivity contribution in [1.29, 1.82) is 0 Å². The van der Waals surface area contributed by atoms with E-state index >= 15 is 0 Å². The number of hydrogen-bond acceptors (Lipinski definition) is 7. The molecule has 0 saturated carbocycles. The van der Waals surface area contributed by atoms with Crippen molar-refractivity contribution in [3.63, 3.8) is 0 Å². The third-order valence-corrected chi connectivity index (χ3v) is 4.29. The van der Waals surface area contributed by atoms with E-state index in [0.29, 0.717) is 6.42 Å². The number of aromatic nitrogens is 2. The number of nitrogens with zero attached hydrogens (tertiary/aromatic N) is 1. The van der Waals surface area contributed by atoms with Crippen LogP contribution >= 0.6 is 7.82 Å². The van der Waals surface area contributed by atoms with Crippen LogP contribution in [0.25, 0.3) is 0 Å². The van der Waals surface area contributed by atoms with Gasteiger partial charge in [0.25, 0.3) is 5.56 Å². The lowest BCUT2D eigenvalue weighted by atomic mass is 10.1. The minimum Gasteiger partial charge on any atom is -0.386 e. The molecule has 10 nitrogen and oxygen atoms in total. The Bertz CT molecular complexity index is 685. The van der Waals surface area contributed by atoms with Crippen molar-refractivity contribution in [3.05, 3.63) is 33.1 Å². The van der Waals surface area contributed by atoms with Crippen LogP contribution in [-0.4, -0.2) is 45.0 Å². The lowest BCUT2D eigenvalue weighted by molar-refractivity contribution is -0.0405. The van der Waals surface area contributed by atoms with Gasteiger partial charge in [-0.2, -0.15) is 0 Å². The van der Waals surface area contributed by atoms with E-state index in [0.717, 1.165) is 17.7 Å². The topological polar surface area (TPSA) is 140 Å². The zero-order chi connectivity index (χ0) is 16.5. The van der Waals surface area contributed by atoms with Crippen LogP contribution in [0.15, 0.2) is 21.9 Å². The van der Waals surface area contributed by atoms with Crippen LogP contribution < -0.4 is 11.2 Å². The van der Waals surface area contributed by atoms with Gasteiger partial charge in [-0.15, -0.1) is 0 Å². The molecule has 1 aliphatic heterocycles. The Morgan fingerprint density at radius 2 is 2.18 bits per heavy atom. The molecule has 2 heterocycles. The summed E-state index contributed by atoms with van der Waals surface area (Å²) >= 11 is 0. The van der Waals surface area contributed by atoms with E-state index in [1.165, 1.54) is 6.20 Å². The lowest BCUT2D eigenvalue weighted by Gasteiger charge is -2.21. The SMILES string of the molecule is CC[C@H]1O[C@@H](n2ccc(=O)[nH]c2=O)C(O)[C@H]1OP(=O)(O)OC. The minimum absolute atomic E-state index is 0.361. The summed E-state index contributed by atoms with van der Waals surface area (Å²) in [5.74, 6) is 0. The van der Waals surface area contributed by atoms with Crippen molar-refractivity contribution < 1.29 is 28.3 Å². The standard InChI is InChI=1S/C11H17N2O8P/c1-3-6-9(21-22(17,18)19-2)8(15)10(20-6)13-5-4-7(14)12-11(13)16/h4-6,8-10,15H,3H2,1-2H3,(H,17,18)(H,12,14,16)/t6-,8?,9+,10-/m1/s1. The van der Waals surface area contributed by atoms with Gasteiger partial charge in [-0.3, -0.25) is 23.4 Å². The van der Waals surface area contributed by atoms with Crippen LogP contribution in [0.3, 0.4) is 0 Å². The van der Waals surface area contributed by atoms with Gasteiger partial charge in [0, 0.05) is 19.4 Å². The molecular formula is C11H17N2O8P. The molecule has 0 bridgehead atoms. The minimum atomic E-state index is -4.33. The molecule has 0 radical (unpaired) electrons. The molecular weight excluding hydrogens is 319 g/mol. The molecule has 1 aromatic heterocycles. The first-order valence-corrected chi connectivity index (χ1v) is 8.00. The number of rotatable bonds is 5. The predicted octanol–water partition coefficient (Wildman–Crippen LogP) is -0.663. The highest BCUT2D eigenvalue weighted by Crippen LogP contribution is 2.47. The third-order valence-electron chi connectivity index (χ3n) is 3.32. The van der Waals surface area contributed by atoms with Gasteiger partial charge >= 0.3 is 13.5 Å². The van der Waals surface area contributed by atoms with Crippen LogP contribution in [0, 0.1) is 0 Å². The van der Waals surface area contributed by atoms with Gasteiger partial charge < -0.3 is 14.7 Å². The predicted molar refractivity (Wildman–Crippen MR) is 73.2 cm³/mol. The van der Waals surface area contributed by atoms with E-state index < -0.39 is 43.6 Å². The highest BCUT2D eigenvalue weighted by Gasteiger charge is 2.48. The molecule has 0 aliphatic carbocycles. The Morgan fingerprint density at radius 3 is 2.73 bits per heavy atom. The Hall–Kier alpha value is -1.29. The zero-order valence-electron chi connectivity index (χ0n) is 11.9. The normalized spacial score (nSPS) is 31.1. The molecule has 0 amide bonds. The molecule has 1 aromatic rings.